The lowest BCUT2D eigenvalue weighted by Gasteiger charge is -2.09. The van der Waals surface area contributed by atoms with E-state index < -0.39 is 10.0 Å². The molecule has 0 aliphatic carbocycles. The maximum Gasteiger partial charge on any atom is 0.250 e. The van der Waals surface area contributed by atoms with Crippen LogP contribution in [0.5, 0.6) is 5.75 Å². The molecule has 1 aromatic heterocycles. The molecule has 0 bridgehead atoms. The van der Waals surface area contributed by atoms with Gasteiger partial charge in [-0.3, -0.25) is 0 Å². The van der Waals surface area contributed by atoms with Crippen LogP contribution < -0.4 is 15.2 Å². The molecule has 0 aliphatic heterocycles. The first kappa shape index (κ1) is 16.0. The van der Waals surface area contributed by atoms with Gasteiger partial charge in [-0.25, -0.2) is 13.1 Å². The molecule has 1 heterocycles. The molecule has 3 N–H and O–H groups in total. The van der Waals surface area contributed by atoms with E-state index in [1.165, 1.54) is 11.3 Å². The van der Waals surface area contributed by atoms with Crippen molar-refractivity contribution in [2.45, 2.75) is 17.2 Å². The molecule has 7 heteroatoms. The summed E-state index contributed by atoms with van der Waals surface area (Å²) in [7, 11) is -1.95. The lowest BCUT2D eigenvalue weighted by molar-refractivity contribution is 0.409. The van der Waals surface area contributed by atoms with Gasteiger partial charge >= 0.3 is 0 Å². The molecule has 0 saturated carbocycles. The normalized spacial score (nSPS) is 11.5. The highest BCUT2D eigenvalue weighted by molar-refractivity contribution is 7.91. The molecule has 0 fully saturated rings. The Morgan fingerprint density at radius 1 is 1.24 bits per heavy atom. The molecule has 0 amide bonds. The highest BCUT2D eigenvalue weighted by Crippen LogP contribution is 2.23. The molecule has 114 valence electrons. The highest BCUT2D eigenvalue weighted by atomic mass is 32.2. The zero-order valence-corrected chi connectivity index (χ0v) is 13.3. The molecular weight excluding hydrogens is 308 g/mol. The Morgan fingerprint density at radius 3 is 2.71 bits per heavy atom. The quantitative estimate of drug-likeness (QED) is 0.812. The van der Waals surface area contributed by atoms with Crippen LogP contribution in [0.15, 0.2) is 40.6 Å². The minimum atomic E-state index is -3.51. The molecule has 5 nitrogen and oxygen atoms in total. The van der Waals surface area contributed by atoms with Gasteiger partial charge in [-0.05, 0) is 31.2 Å². The third-order valence-corrected chi connectivity index (χ3v) is 5.98. The minimum absolute atomic E-state index is 0.191. The fourth-order valence-corrected chi connectivity index (χ4v) is 4.29. The van der Waals surface area contributed by atoms with Crippen LogP contribution in [0.4, 0.5) is 0 Å². The number of para-hydroxylation sites is 1. The summed E-state index contributed by atoms with van der Waals surface area (Å²) in [6.07, 6.45) is 0.687. The van der Waals surface area contributed by atoms with Crippen LogP contribution in [0.1, 0.15) is 10.4 Å². The van der Waals surface area contributed by atoms with Gasteiger partial charge < -0.3 is 10.5 Å². The monoisotopic (exact) mass is 326 g/mol. The summed E-state index contributed by atoms with van der Waals surface area (Å²) in [6.45, 7) is 0.700. The van der Waals surface area contributed by atoms with Crippen LogP contribution in [-0.4, -0.2) is 22.1 Å². The number of sulfonamides is 1. The van der Waals surface area contributed by atoms with Crippen molar-refractivity contribution in [2.75, 3.05) is 13.7 Å². The summed E-state index contributed by atoms with van der Waals surface area (Å²) in [6, 6.07) is 10.7. The molecule has 0 atom stereocenters. The third kappa shape index (κ3) is 4.04. The van der Waals surface area contributed by atoms with Crippen molar-refractivity contribution in [3.63, 3.8) is 0 Å². The minimum Gasteiger partial charge on any atom is -0.496 e. The molecule has 2 rings (SSSR count). The van der Waals surface area contributed by atoms with E-state index in [2.05, 4.69) is 4.72 Å². The second kappa shape index (κ2) is 7.04. The van der Waals surface area contributed by atoms with E-state index in [0.29, 0.717) is 22.9 Å². The maximum absolute atomic E-state index is 12.2. The summed E-state index contributed by atoms with van der Waals surface area (Å²) in [5.41, 5.74) is 6.27. The van der Waals surface area contributed by atoms with Crippen molar-refractivity contribution in [1.82, 2.24) is 4.72 Å². The summed E-state index contributed by atoms with van der Waals surface area (Å²) >= 11 is 1.25. The summed E-state index contributed by atoms with van der Waals surface area (Å²) in [5, 5.41) is 0. The van der Waals surface area contributed by atoms with Gasteiger partial charge in [0.15, 0.2) is 0 Å². The van der Waals surface area contributed by atoms with Crippen LogP contribution in [0.25, 0.3) is 0 Å². The largest absolute Gasteiger partial charge is 0.496 e. The van der Waals surface area contributed by atoms with Crippen molar-refractivity contribution in [3.8, 4) is 5.75 Å². The Bertz CT molecular complexity index is 696. The fraction of sp³-hybridized carbons (Fsp3) is 0.286. The van der Waals surface area contributed by atoms with Crippen LogP contribution in [0.2, 0.25) is 0 Å². The van der Waals surface area contributed by atoms with Crippen molar-refractivity contribution < 1.29 is 13.2 Å². The molecule has 0 aliphatic rings. The fourth-order valence-electron chi connectivity index (χ4n) is 1.87. The van der Waals surface area contributed by atoms with Gasteiger partial charge in [-0.1, -0.05) is 18.2 Å². The van der Waals surface area contributed by atoms with Crippen LogP contribution in [-0.2, 0) is 23.0 Å². The smallest absolute Gasteiger partial charge is 0.250 e. The SMILES string of the molecule is COc1ccccc1CNS(=O)(=O)c1ccc(CCN)s1. The predicted molar refractivity (Wildman–Crippen MR) is 84.1 cm³/mol. The van der Waals surface area contributed by atoms with E-state index in [9.17, 15) is 8.42 Å². The van der Waals surface area contributed by atoms with Gasteiger partial charge in [0.1, 0.15) is 9.96 Å². The standard InChI is InChI=1S/C14H18N2O3S2/c1-19-13-5-3-2-4-11(13)10-16-21(17,18)14-7-6-12(20-14)8-9-15/h2-7,16H,8-10,15H2,1H3. The lowest BCUT2D eigenvalue weighted by atomic mass is 10.2. The number of nitrogens with one attached hydrogen (secondary N) is 1. The molecule has 0 unspecified atom stereocenters. The Labute approximate surface area is 128 Å². The molecule has 21 heavy (non-hydrogen) atoms. The average molecular weight is 326 g/mol. The van der Waals surface area contributed by atoms with E-state index in [-0.39, 0.29) is 6.54 Å². The number of hydrogen-bond donors (Lipinski definition) is 2. The first-order valence-electron chi connectivity index (χ1n) is 6.47. The topological polar surface area (TPSA) is 81.4 Å². The Kier molecular flexibility index (Phi) is 5.35. The number of rotatable bonds is 7. The summed E-state index contributed by atoms with van der Waals surface area (Å²) in [5.74, 6) is 0.662. The van der Waals surface area contributed by atoms with Crippen molar-refractivity contribution >= 4 is 21.4 Å². The molecule has 0 radical (unpaired) electrons. The average Bonchev–Trinajstić information content (AvgIpc) is 2.95. The highest BCUT2D eigenvalue weighted by Gasteiger charge is 2.17. The molecular formula is C14H18N2O3S2. The lowest BCUT2D eigenvalue weighted by Crippen LogP contribution is -2.22. The van der Waals surface area contributed by atoms with Gasteiger partial charge in [0.2, 0.25) is 10.0 Å². The van der Waals surface area contributed by atoms with Gasteiger partial charge in [-0.2, -0.15) is 0 Å². The molecule has 0 spiro atoms. The van der Waals surface area contributed by atoms with E-state index >= 15 is 0 Å². The summed E-state index contributed by atoms with van der Waals surface area (Å²) in [4.78, 5) is 0.968. The first-order chi connectivity index (χ1) is 10.1. The number of methoxy groups -OCH3 is 1. The van der Waals surface area contributed by atoms with Crippen LogP contribution >= 0.6 is 11.3 Å². The van der Waals surface area contributed by atoms with E-state index in [4.69, 9.17) is 10.5 Å². The number of thiophene rings is 1. The summed E-state index contributed by atoms with van der Waals surface area (Å²) < 4.78 is 32.6. The predicted octanol–water partition coefficient (Wildman–Crippen LogP) is 1.74. The number of ether oxygens (including phenoxy) is 1. The number of benzene rings is 1. The van der Waals surface area contributed by atoms with Crippen molar-refractivity contribution in [1.29, 1.82) is 0 Å². The molecule has 0 saturated heterocycles. The van der Waals surface area contributed by atoms with E-state index in [1.807, 2.05) is 18.2 Å². The van der Waals surface area contributed by atoms with Crippen molar-refractivity contribution in [3.05, 3.63) is 46.8 Å². The Hall–Kier alpha value is -1.41. The molecule has 1 aromatic carbocycles. The van der Waals surface area contributed by atoms with Crippen LogP contribution in [0.3, 0.4) is 0 Å². The van der Waals surface area contributed by atoms with Crippen molar-refractivity contribution in [2.24, 2.45) is 5.73 Å². The van der Waals surface area contributed by atoms with E-state index in [0.717, 1.165) is 10.4 Å². The zero-order chi connectivity index (χ0) is 15.3. The number of hydrogen-bond acceptors (Lipinski definition) is 5. The maximum atomic E-state index is 12.2. The Balaban J connectivity index is 2.10. The second-order valence-corrected chi connectivity index (χ2v) is 7.56. The second-order valence-electron chi connectivity index (χ2n) is 4.40. The van der Waals surface area contributed by atoms with Gasteiger partial charge in [0.25, 0.3) is 0 Å². The van der Waals surface area contributed by atoms with Crippen LogP contribution in [0, 0.1) is 0 Å². The van der Waals surface area contributed by atoms with Gasteiger partial charge in [0.05, 0.1) is 7.11 Å². The van der Waals surface area contributed by atoms with E-state index in [1.54, 1.807) is 25.3 Å². The first-order valence-corrected chi connectivity index (χ1v) is 8.77. The van der Waals surface area contributed by atoms with Gasteiger partial charge in [-0.15, -0.1) is 11.3 Å². The Morgan fingerprint density at radius 2 is 2.00 bits per heavy atom. The number of nitrogens with two attached hydrogens (primary N) is 1. The third-order valence-electron chi connectivity index (χ3n) is 2.94. The molecule has 2 aromatic rings. The van der Waals surface area contributed by atoms with Gasteiger partial charge in [0, 0.05) is 17.0 Å². The zero-order valence-electron chi connectivity index (χ0n) is 11.7.